The average Bonchev–Trinajstić information content (AvgIpc) is 2.95. The summed E-state index contributed by atoms with van der Waals surface area (Å²) in [6.07, 6.45) is -3.22. The molecule has 0 unspecified atom stereocenters. The van der Waals surface area contributed by atoms with E-state index in [4.69, 9.17) is 14.2 Å². The van der Waals surface area contributed by atoms with E-state index < -0.39 is 30.2 Å². The molecule has 190 valence electrons. The number of benzene rings is 4. The second-order valence-corrected chi connectivity index (χ2v) is 9.30. The van der Waals surface area contributed by atoms with Crippen molar-refractivity contribution >= 4 is 0 Å². The van der Waals surface area contributed by atoms with E-state index >= 15 is 0 Å². The first-order valence-corrected chi connectivity index (χ1v) is 12.6. The van der Waals surface area contributed by atoms with E-state index in [9.17, 15) is 10.2 Å². The van der Waals surface area contributed by atoms with E-state index in [2.05, 4.69) is 36.4 Å². The molecule has 0 aromatic heterocycles. The van der Waals surface area contributed by atoms with Crippen molar-refractivity contribution in [3.05, 3.63) is 144 Å². The fourth-order valence-electron chi connectivity index (χ4n) is 4.98. The Labute approximate surface area is 217 Å². The fourth-order valence-corrected chi connectivity index (χ4v) is 4.98. The minimum Gasteiger partial charge on any atom is -0.390 e. The Morgan fingerprint density at radius 2 is 1.14 bits per heavy atom. The predicted molar refractivity (Wildman–Crippen MR) is 142 cm³/mol. The second-order valence-electron chi connectivity index (χ2n) is 9.30. The fraction of sp³-hybridized carbons (Fsp3) is 0.250. The van der Waals surface area contributed by atoms with Gasteiger partial charge in [-0.05, 0) is 22.3 Å². The molecule has 1 aliphatic heterocycles. The van der Waals surface area contributed by atoms with Gasteiger partial charge in [0.05, 0.1) is 25.4 Å². The van der Waals surface area contributed by atoms with Crippen molar-refractivity contribution < 1.29 is 24.4 Å². The highest BCUT2D eigenvalue weighted by atomic mass is 16.7. The quantitative estimate of drug-likeness (QED) is 0.318. The van der Waals surface area contributed by atoms with E-state index in [1.807, 2.05) is 84.9 Å². The summed E-state index contributed by atoms with van der Waals surface area (Å²) in [5.74, 6) is 0. The maximum atomic E-state index is 10.8. The van der Waals surface area contributed by atoms with E-state index in [-0.39, 0.29) is 19.6 Å². The molecular weight excluding hydrogens is 464 g/mol. The minimum atomic E-state index is -1.26. The molecule has 5 heteroatoms. The lowest BCUT2D eigenvalue weighted by atomic mass is 9.80. The van der Waals surface area contributed by atoms with Crippen molar-refractivity contribution in [3.63, 3.8) is 0 Å². The highest BCUT2D eigenvalue weighted by molar-refractivity contribution is 5.47. The second kappa shape index (κ2) is 11.8. The van der Waals surface area contributed by atoms with Crippen LogP contribution in [0, 0.1) is 0 Å². The predicted octanol–water partition coefficient (Wildman–Crippen LogP) is 5.05. The van der Waals surface area contributed by atoms with Gasteiger partial charge in [0.1, 0.15) is 11.7 Å². The van der Waals surface area contributed by atoms with Crippen LogP contribution in [0.15, 0.2) is 121 Å². The lowest BCUT2D eigenvalue weighted by molar-refractivity contribution is -0.271. The van der Waals surface area contributed by atoms with Crippen LogP contribution in [0.5, 0.6) is 0 Å². The molecule has 4 aromatic rings. The molecule has 1 fully saturated rings. The molecule has 5 nitrogen and oxygen atoms in total. The Hall–Kier alpha value is -3.32. The van der Waals surface area contributed by atoms with Crippen molar-refractivity contribution in [1.82, 2.24) is 0 Å². The molecule has 4 aromatic carbocycles. The van der Waals surface area contributed by atoms with Gasteiger partial charge in [0, 0.05) is 6.42 Å². The molecule has 1 aliphatic rings. The summed E-state index contributed by atoms with van der Waals surface area (Å²) in [6, 6.07) is 39.9. The van der Waals surface area contributed by atoms with Crippen LogP contribution in [0.4, 0.5) is 0 Å². The molecule has 0 saturated carbocycles. The highest BCUT2D eigenvalue weighted by Crippen LogP contribution is 2.41. The van der Waals surface area contributed by atoms with Crippen LogP contribution in [0.25, 0.3) is 0 Å². The Balaban J connectivity index is 1.37. The summed E-state index contributed by atoms with van der Waals surface area (Å²) >= 11 is 0. The molecule has 0 amide bonds. The van der Waals surface area contributed by atoms with Crippen molar-refractivity contribution in [2.24, 2.45) is 0 Å². The standard InChI is InChI=1S/C32H32O5/c33-29-21-28(37-31(34)30(29)35-22-24-13-5-1-6-14-24)23-36-32(25-15-7-2-8-16-25,26-17-9-3-10-18-26)27-19-11-4-12-20-27/h1-20,28-31,33-34H,21-23H2/t28-,29-,30+,31-/m0/s1. The van der Waals surface area contributed by atoms with Crippen molar-refractivity contribution in [2.45, 2.75) is 43.2 Å². The van der Waals surface area contributed by atoms with Crippen LogP contribution in [0.3, 0.4) is 0 Å². The number of hydrogen-bond acceptors (Lipinski definition) is 5. The SMILES string of the molecule is O[C@H]1C[C@@H](COC(c2ccccc2)(c2ccccc2)c2ccccc2)O[C@H](O)[C@@H]1OCc1ccccc1. The highest BCUT2D eigenvalue weighted by Gasteiger charge is 2.42. The Morgan fingerprint density at radius 3 is 1.59 bits per heavy atom. The van der Waals surface area contributed by atoms with E-state index in [0.29, 0.717) is 0 Å². The molecule has 5 rings (SSSR count). The molecule has 0 bridgehead atoms. The lowest BCUT2D eigenvalue weighted by Crippen LogP contribution is -2.51. The number of hydrogen-bond donors (Lipinski definition) is 2. The molecule has 37 heavy (non-hydrogen) atoms. The van der Waals surface area contributed by atoms with Crippen molar-refractivity contribution in [1.29, 1.82) is 0 Å². The molecule has 0 spiro atoms. The largest absolute Gasteiger partial charge is 0.390 e. The maximum Gasteiger partial charge on any atom is 0.184 e. The van der Waals surface area contributed by atoms with Gasteiger partial charge in [-0.3, -0.25) is 0 Å². The summed E-state index contributed by atoms with van der Waals surface area (Å²) in [5, 5.41) is 21.6. The van der Waals surface area contributed by atoms with Crippen molar-refractivity contribution in [3.8, 4) is 0 Å². The van der Waals surface area contributed by atoms with Gasteiger partial charge < -0.3 is 24.4 Å². The minimum absolute atomic E-state index is 0.165. The summed E-state index contributed by atoms with van der Waals surface area (Å²) < 4.78 is 18.5. The third-order valence-electron chi connectivity index (χ3n) is 6.81. The third-order valence-corrected chi connectivity index (χ3v) is 6.81. The molecule has 0 radical (unpaired) electrons. The number of aliphatic hydroxyl groups is 2. The molecule has 2 N–H and O–H groups in total. The first-order chi connectivity index (χ1) is 18.2. The topological polar surface area (TPSA) is 68.2 Å². The third kappa shape index (κ3) is 5.67. The van der Waals surface area contributed by atoms with Crippen LogP contribution in [0.1, 0.15) is 28.7 Å². The zero-order chi connectivity index (χ0) is 25.5. The van der Waals surface area contributed by atoms with Gasteiger partial charge in [-0.2, -0.15) is 0 Å². The Kier molecular flexibility index (Phi) is 8.09. The van der Waals surface area contributed by atoms with Gasteiger partial charge in [-0.15, -0.1) is 0 Å². The summed E-state index contributed by atoms with van der Waals surface area (Å²) in [6.45, 7) is 0.446. The van der Waals surface area contributed by atoms with Crippen LogP contribution < -0.4 is 0 Å². The van der Waals surface area contributed by atoms with Gasteiger partial charge in [-0.1, -0.05) is 121 Å². The zero-order valence-electron chi connectivity index (χ0n) is 20.6. The van der Waals surface area contributed by atoms with Crippen LogP contribution >= 0.6 is 0 Å². The molecular formula is C32H32O5. The summed E-state index contributed by atoms with van der Waals surface area (Å²) in [7, 11) is 0. The van der Waals surface area contributed by atoms with Gasteiger partial charge in [0.15, 0.2) is 6.29 Å². The van der Waals surface area contributed by atoms with Gasteiger partial charge in [0.2, 0.25) is 0 Å². The normalized spacial score (nSPS) is 22.0. The smallest absolute Gasteiger partial charge is 0.184 e. The van der Waals surface area contributed by atoms with E-state index in [1.165, 1.54) is 0 Å². The Bertz CT molecular complexity index is 1110. The van der Waals surface area contributed by atoms with Gasteiger partial charge in [-0.25, -0.2) is 0 Å². The molecule has 1 heterocycles. The maximum absolute atomic E-state index is 10.8. The summed E-state index contributed by atoms with van der Waals surface area (Å²) in [4.78, 5) is 0. The van der Waals surface area contributed by atoms with Gasteiger partial charge >= 0.3 is 0 Å². The number of aliphatic hydroxyl groups excluding tert-OH is 2. The number of ether oxygens (including phenoxy) is 3. The monoisotopic (exact) mass is 496 g/mol. The molecule has 1 saturated heterocycles. The van der Waals surface area contributed by atoms with Gasteiger partial charge in [0.25, 0.3) is 0 Å². The number of rotatable bonds is 9. The molecule has 0 aliphatic carbocycles. The van der Waals surface area contributed by atoms with E-state index in [1.54, 1.807) is 0 Å². The van der Waals surface area contributed by atoms with Crippen molar-refractivity contribution in [2.75, 3.05) is 6.61 Å². The Morgan fingerprint density at radius 1 is 0.676 bits per heavy atom. The zero-order valence-corrected chi connectivity index (χ0v) is 20.6. The van der Waals surface area contributed by atoms with E-state index in [0.717, 1.165) is 22.3 Å². The first-order valence-electron chi connectivity index (χ1n) is 12.6. The van der Waals surface area contributed by atoms with Crippen LogP contribution in [0.2, 0.25) is 0 Å². The lowest BCUT2D eigenvalue weighted by Gasteiger charge is -2.40. The van der Waals surface area contributed by atoms with Crippen LogP contribution in [-0.4, -0.2) is 41.4 Å². The first kappa shape index (κ1) is 25.3. The average molecular weight is 497 g/mol. The van der Waals surface area contributed by atoms with Crippen LogP contribution in [-0.2, 0) is 26.4 Å². The summed E-state index contributed by atoms with van der Waals surface area (Å²) in [5.41, 5.74) is 3.00. The molecule has 4 atom stereocenters.